The Kier molecular flexibility index (Phi) is 6.29. The van der Waals surface area contributed by atoms with E-state index < -0.39 is 28.5 Å². The van der Waals surface area contributed by atoms with E-state index in [2.05, 4.69) is 5.32 Å². The highest BCUT2D eigenvalue weighted by Crippen LogP contribution is 2.38. The maximum atomic E-state index is 13.0. The number of nitrogens with one attached hydrogen (secondary N) is 1. The van der Waals surface area contributed by atoms with Crippen molar-refractivity contribution in [2.24, 2.45) is 5.92 Å². The van der Waals surface area contributed by atoms with E-state index in [1.165, 1.54) is 0 Å². The Morgan fingerprint density at radius 3 is 2.55 bits per heavy atom. The minimum absolute atomic E-state index is 0.123. The zero-order valence-corrected chi connectivity index (χ0v) is 17.8. The normalized spacial score (nSPS) is 19.2. The van der Waals surface area contributed by atoms with Gasteiger partial charge < -0.3 is 15.3 Å². The summed E-state index contributed by atoms with van der Waals surface area (Å²) in [5.41, 5.74) is 1.21. The number of fused-ring (bicyclic) bond motifs is 1. The number of benzene rings is 2. The Bertz CT molecular complexity index is 1070. The van der Waals surface area contributed by atoms with Gasteiger partial charge in [0.1, 0.15) is 5.69 Å². The Balaban J connectivity index is 1.44. The molecule has 1 heterocycles. The number of hydrogen-bond donors (Lipinski definition) is 2. The lowest BCUT2D eigenvalue weighted by Crippen LogP contribution is -2.38. The van der Waals surface area contributed by atoms with Gasteiger partial charge >= 0.3 is 6.18 Å². The van der Waals surface area contributed by atoms with Crippen molar-refractivity contribution in [3.63, 3.8) is 0 Å². The van der Waals surface area contributed by atoms with Crippen LogP contribution in [0.1, 0.15) is 36.0 Å². The van der Waals surface area contributed by atoms with Gasteiger partial charge in [-0.25, -0.2) is 0 Å². The molecule has 4 rings (SSSR count). The number of rotatable bonds is 4. The molecule has 2 aromatic carbocycles. The number of halogens is 3. The number of nitrogens with zero attached hydrogens (tertiary/aromatic N) is 2. The van der Waals surface area contributed by atoms with Crippen LogP contribution in [0.3, 0.4) is 0 Å². The lowest BCUT2D eigenvalue weighted by Gasteiger charge is -2.33. The predicted molar refractivity (Wildman–Crippen MR) is 116 cm³/mol. The number of carbonyl (C=O) groups is 1. The smallest absolute Gasteiger partial charge is 0.393 e. The summed E-state index contributed by atoms with van der Waals surface area (Å²) in [6.45, 7) is 0.631. The van der Waals surface area contributed by atoms with Gasteiger partial charge in [0.2, 0.25) is 5.91 Å². The number of carbonyl (C=O) groups excluding carboxylic acids is 1. The first-order chi connectivity index (χ1) is 15.6. The van der Waals surface area contributed by atoms with Crippen molar-refractivity contribution in [2.75, 3.05) is 23.3 Å². The van der Waals surface area contributed by atoms with Crippen molar-refractivity contribution in [1.29, 1.82) is 0 Å². The molecule has 0 unspecified atom stereocenters. The second-order valence-corrected chi connectivity index (χ2v) is 8.55. The van der Waals surface area contributed by atoms with Gasteiger partial charge in [-0.05, 0) is 55.0 Å². The van der Waals surface area contributed by atoms with Crippen LogP contribution in [0, 0.1) is 16.0 Å². The summed E-state index contributed by atoms with van der Waals surface area (Å²) >= 11 is 0. The van der Waals surface area contributed by atoms with Crippen LogP contribution in [-0.2, 0) is 23.8 Å². The van der Waals surface area contributed by atoms with Crippen LogP contribution < -0.4 is 10.2 Å². The molecular formula is C23H24F3N3O4. The summed E-state index contributed by atoms with van der Waals surface area (Å²) in [6, 6.07) is 8.21. The molecule has 0 bridgehead atoms. The minimum atomic E-state index is -4.67. The summed E-state index contributed by atoms with van der Waals surface area (Å²) in [7, 11) is 0. The van der Waals surface area contributed by atoms with Crippen molar-refractivity contribution in [1.82, 2.24) is 0 Å². The fourth-order valence-electron chi connectivity index (χ4n) is 4.62. The van der Waals surface area contributed by atoms with Gasteiger partial charge in [-0.3, -0.25) is 14.9 Å². The van der Waals surface area contributed by atoms with E-state index in [4.69, 9.17) is 0 Å². The first-order valence-corrected chi connectivity index (χ1v) is 10.8. The van der Waals surface area contributed by atoms with Crippen LogP contribution in [0.2, 0.25) is 0 Å². The third-order valence-corrected chi connectivity index (χ3v) is 6.42. The molecule has 2 aliphatic rings. The lowest BCUT2D eigenvalue weighted by atomic mass is 9.88. The molecule has 1 saturated heterocycles. The molecule has 1 fully saturated rings. The van der Waals surface area contributed by atoms with Crippen molar-refractivity contribution in [3.05, 3.63) is 63.2 Å². The number of aliphatic hydroxyl groups is 1. The molecule has 0 aromatic heterocycles. The Morgan fingerprint density at radius 2 is 1.88 bits per heavy atom. The second-order valence-electron chi connectivity index (χ2n) is 8.55. The summed E-state index contributed by atoms with van der Waals surface area (Å²) < 4.78 is 38.9. The molecular weight excluding hydrogens is 439 g/mol. The van der Waals surface area contributed by atoms with Crippen LogP contribution in [0.4, 0.5) is 30.2 Å². The summed E-state index contributed by atoms with van der Waals surface area (Å²) in [5.74, 6) is -0.482. The number of aliphatic hydroxyl groups excluding tert-OH is 1. The average molecular weight is 463 g/mol. The number of aryl methyl sites for hydroxylation is 1. The van der Waals surface area contributed by atoms with Crippen molar-refractivity contribution in [3.8, 4) is 0 Å². The highest BCUT2D eigenvalue weighted by molar-refractivity contribution is 5.93. The van der Waals surface area contributed by atoms with E-state index >= 15 is 0 Å². The van der Waals surface area contributed by atoms with Gasteiger partial charge in [0, 0.05) is 37.2 Å². The number of piperidine rings is 1. The molecule has 1 atom stereocenters. The van der Waals surface area contributed by atoms with Gasteiger partial charge in [0.05, 0.1) is 16.6 Å². The summed E-state index contributed by atoms with van der Waals surface area (Å²) in [6.07, 6.45) is -2.33. The van der Waals surface area contributed by atoms with Crippen molar-refractivity contribution < 1.29 is 28.0 Å². The Hall–Kier alpha value is -3.14. The van der Waals surface area contributed by atoms with E-state index in [0.29, 0.717) is 50.5 Å². The van der Waals surface area contributed by atoms with Gasteiger partial charge in [-0.2, -0.15) is 13.2 Å². The van der Waals surface area contributed by atoms with E-state index in [1.54, 1.807) is 4.90 Å². The highest BCUT2D eigenvalue weighted by atomic mass is 19.4. The van der Waals surface area contributed by atoms with Crippen LogP contribution >= 0.6 is 0 Å². The largest absolute Gasteiger partial charge is 0.416 e. The van der Waals surface area contributed by atoms with Crippen LogP contribution in [0.25, 0.3) is 0 Å². The molecule has 2 aromatic rings. The molecule has 7 nitrogen and oxygen atoms in total. The number of amides is 1. The predicted octanol–water partition coefficient (Wildman–Crippen LogP) is 4.32. The quantitative estimate of drug-likeness (QED) is 0.520. The first-order valence-electron chi connectivity index (χ1n) is 10.8. The Labute approximate surface area is 188 Å². The van der Waals surface area contributed by atoms with E-state index in [9.17, 15) is 33.2 Å². The fraction of sp³-hybridized carbons (Fsp3) is 0.435. The molecule has 33 heavy (non-hydrogen) atoms. The highest BCUT2D eigenvalue weighted by Gasteiger charge is 2.35. The molecule has 1 aliphatic heterocycles. The van der Waals surface area contributed by atoms with Crippen LogP contribution in [-0.4, -0.2) is 35.1 Å². The zero-order chi connectivity index (χ0) is 23.8. The maximum absolute atomic E-state index is 13.0. The van der Waals surface area contributed by atoms with Gasteiger partial charge in [-0.15, -0.1) is 0 Å². The van der Waals surface area contributed by atoms with E-state index in [-0.39, 0.29) is 17.5 Å². The number of nitro benzene ring substituents is 1. The number of nitro groups is 1. The molecule has 1 aliphatic carbocycles. The van der Waals surface area contributed by atoms with E-state index in [1.807, 2.05) is 18.2 Å². The van der Waals surface area contributed by atoms with Crippen LogP contribution in [0.15, 0.2) is 36.4 Å². The topological polar surface area (TPSA) is 95.7 Å². The van der Waals surface area contributed by atoms with Crippen molar-refractivity contribution in [2.45, 2.75) is 44.4 Å². The SMILES string of the molecule is O=C(Nc1cccc2c1C[C@H](O)CC2)C1CCN(c2ccc(C(F)(F)F)cc2[N+](=O)[O-])CC1. The second kappa shape index (κ2) is 9.01. The molecule has 0 spiro atoms. The lowest BCUT2D eigenvalue weighted by molar-refractivity contribution is -0.384. The molecule has 2 N–H and O–H groups in total. The van der Waals surface area contributed by atoms with Crippen LogP contribution in [0.5, 0.6) is 0 Å². The maximum Gasteiger partial charge on any atom is 0.416 e. The van der Waals surface area contributed by atoms with Gasteiger partial charge in [0.25, 0.3) is 5.69 Å². The third-order valence-electron chi connectivity index (χ3n) is 6.42. The average Bonchev–Trinajstić information content (AvgIpc) is 2.78. The minimum Gasteiger partial charge on any atom is -0.393 e. The third kappa shape index (κ3) is 4.95. The van der Waals surface area contributed by atoms with Crippen molar-refractivity contribution >= 4 is 23.0 Å². The Morgan fingerprint density at radius 1 is 1.15 bits per heavy atom. The summed E-state index contributed by atoms with van der Waals surface area (Å²) in [4.78, 5) is 25.1. The fourth-order valence-corrected chi connectivity index (χ4v) is 4.62. The molecule has 0 radical (unpaired) electrons. The van der Waals surface area contributed by atoms with E-state index in [0.717, 1.165) is 29.7 Å². The molecule has 176 valence electrons. The number of hydrogen-bond acceptors (Lipinski definition) is 5. The molecule has 10 heteroatoms. The first kappa shape index (κ1) is 23.0. The van der Waals surface area contributed by atoms with Gasteiger partial charge in [0.15, 0.2) is 0 Å². The molecule has 0 saturated carbocycles. The number of anilines is 2. The van der Waals surface area contributed by atoms with Gasteiger partial charge in [-0.1, -0.05) is 12.1 Å². The zero-order valence-electron chi connectivity index (χ0n) is 17.8. The molecule has 1 amide bonds. The summed E-state index contributed by atoms with van der Waals surface area (Å²) in [5, 5.41) is 24.4. The number of alkyl halides is 3. The standard InChI is InChI=1S/C23H24F3N3O4/c24-23(25,26)16-5-7-20(21(12-16)29(32)33)28-10-8-15(9-11-28)22(31)27-19-3-1-2-14-4-6-17(30)13-18(14)19/h1-3,5,7,12,15,17,30H,4,6,8-11,13H2,(H,27,31)/t17-/m1/s1. The monoisotopic (exact) mass is 463 g/mol.